The van der Waals surface area contributed by atoms with Crippen molar-refractivity contribution in [3.8, 4) is 17.3 Å². The number of benzene rings is 2. The number of aromatic nitrogens is 3. The molecule has 0 amide bonds. The fourth-order valence-electron chi connectivity index (χ4n) is 2.57. The topological polar surface area (TPSA) is 68.9 Å². The monoisotopic (exact) mass is 377 g/mol. The molecule has 0 bridgehead atoms. The molecule has 2 heterocycles. The summed E-state index contributed by atoms with van der Waals surface area (Å²) in [6.45, 7) is 0. The lowest BCUT2D eigenvalue weighted by atomic mass is 10.2. The Labute approximate surface area is 146 Å². The molecule has 2 N–H and O–H groups in total. The van der Waals surface area contributed by atoms with Crippen molar-refractivity contribution in [3.05, 3.63) is 70.8 Å². The Balaban J connectivity index is 1.78. The highest BCUT2D eigenvalue weighted by atomic mass is 79.9. The van der Waals surface area contributed by atoms with Crippen LogP contribution in [0.5, 0.6) is 0 Å². The molecular weight excluding hydrogens is 366 g/mol. The Bertz CT molecular complexity index is 1060. The summed E-state index contributed by atoms with van der Waals surface area (Å²) in [6, 6.07) is 19.9. The molecule has 0 aliphatic rings. The van der Waals surface area contributed by atoms with Crippen LogP contribution in [0.4, 0.5) is 11.5 Å². The quantitative estimate of drug-likeness (QED) is 0.543. The molecule has 24 heavy (non-hydrogen) atoms. The molecule has 4 rings (SSSR count). The number of aromatic amines is 1. The number of imidazole rings is 1. The molecule has 6 heteroatoms. The summed E-state index contributed by atoms with van der Waals surface area (Å²) in [7, 11) is 0. The fourth-order valence-corrected chi connectivity index (χ4v) is 2.96. The minimum atomic E-state index is 0.480. The minimum Gasteiger partial charge on any atom is -0.339 e. The van der Waals surface area contributed by atoms with E-state index in [1.165, 1.54) is 0 Å². The van der Waals surface area contributed by atoms with Crippen LogP contribution < -0.4 is 5.32 Å². The van der Waals surface area contributed by atoms with E-state index in [2.05, 4.69) is 37.4 Å². The van der Waals surface area contributed by atoms with Crippen LogP contribution in [0.3, 0.4) is 0 Å². The Morgan fingerprint density at radius 2 is 1.83 bits per heavy atom. The van der Waals surface area contributed by atoms with Crippen LogP contribution in [0.1, 0.15) is 5.56 Å². The molecule has 4 aromatic rings. The van der Waals surface area contributed by atoms with E-state index >= 15 is 0 Å². The highest BCUT2D eigenvalue weighted by Crippen LogP contribution is 2.29. The summed E-state index contributed by atoms with van der Waals surface area (Å²) >= 11 is 3.50. The van der Waals surface area contributed by atoms with Crippen molar-refractivity contribution in [1.29, 1.82) is 5.26 Å². The molecular formula is C18H12BrN5. The number of para-hydroxylation sites is 1. The molecule has 116 valence electrons. The third kappa shape index (κ3) is 2.45. The Kier molecular flexibility index (Phi) is 3.56. The first-order chi connectivity index (χ1) is 11.8. The van der Waals surface area contributed by atoms with E-state index in [4.69, 9.17) is 0 Å². The number of hydrogen-bond donors (Lipinski definition) is 2. The van der Waals surface area contributed by atoms with Gasteiger partial charge in [0, 0.05) is 10.0 Å². The normalized spacial score (nSPS) is 10.7. The number of halogens is 1. The van der Waals surface area contributed by atoms with E-state index in [1.807, 2.05) is 60.8 Å². The minimum absolute atomic E-state index is 0.480. The SMILES string of the molecule is N#Cc1c(Nc2ccccc2Br)[nH]n2cc(-c3ccccc3)nc12. The highest BCUT2D eigenvalue weighted by molar-refractivity contribution is 9.10. The average Bonchev–Trinajstić information content (AvgIpc) is 3.15. The van der Waals surface area contributed by atoms with Gasteiger partial charge in [0.2, 0.25) is 0 Å². The van der Waals surface area contributed by atoms with E-state index in [-0.39, 0.29) is 0 Å². The molecule has 0 saturated carbocycles. The first-order valence-corrected chi connectivity index (χ1v) is 8.13. The lowest BCUT2D eigenvalue weighted by Gasteiger charge is -2.06. The Morgan fingerprint density at radius 3 is 2.58 bits per heavy atom. The van der Waals surface area contributed by atoms with Gasteiger partial charge in [0.05, 0.1) is 17.6 Å². The number of H-pyrrole nitrogens is 1. The van der Waals surface area contributed by atoms with Gasteiger partial charge in [-0.05, 0) is 28.1 Å². The zero-order valence-electron chi connectivity index (χ0n) is 12.5. The summed E-state index contributed by atoms with van der Waals surface area (Å²) in [4.78, 5) is 4.60. The number of rotatable bonds is 3. The smallest absolute Gasteiger partial charge is 0.173 e. The summed E-state index contributed by atoms with van der Waals surface area (Å²) in [5.74, 6) is 0.617. The highest BCUT2D eigenvalue weighted by Gasteiger charge is 2.16. The van der Waals surface area contributed by atoms with Gasteiger partial charge in [-0.2, -0.15) is 5.26 Å². The molecule has 0 aliphatic heterocycles. The van der Waals surface area contributed by atoms with Gasteiger partial charge in [0.25, 0.3) is 0 Å². The van der Waals surface area contributed by atoms with Gasteiger partial charge in [0.1, 0.15) is 17.5 Å². The molecule has 2 aromatic carbocycles. The summed E-state index contributed by atoms with van der Waals surface area (Å²) in [5, 5.41) is 16.0. The van der Waals surface area contributed by atoms with Crippen LogP contribution in [0, 0.1) is 11.3 Å². The third-order valence-corrected chi connectivity index (χ3v) is 4.42. The number of fused-ring (bicyclic) bond motifs is 1. The molecule has 0 atom stereocenters. The number of nitrogens with zero attached hydrogens (tertiary/aromatic N) is 3. The molecule has 0 saturated heterocycles. The molecule has 0 aliphatic carbocycles. The molecule has 5 nitrogen and oxygen atoms in total. The van der Waals surface area contributed by atoms with Gasteiger partial charge in [-0.25, -0.2) is 9.50 Å². The maximum Gasteiger partial charge on any atom is 0.173 e. The maximum atomic E-state index is 9.56. The van der Waals surface area contributed by atoms with Crippen LogP contribution in [0.15, 0.2) is 65.3 Å². The van der Waals surface area contributed by atoms with Crippen LogP contribution >= 0.6 is 15.9 Å². The summed E-state index contributed by atoms with van der Waals surface area (Å²) < 4.78 is 2.69. The summed E-state index contributed by atoms with van der Waals surface area (Å²) in [5.41, 5.74) is 3.80. The predicted octanol–water partition coefficient (Wildman–Crippen LogP) is 4.71. The number of nitrogens with one attached hydrogen (secondary N) is 2. The van der Waals surface area contributed by atoms with Crippen molar-refractivity contribution >= 4 is 33.1 Å². The largest absolute Gasteiger partial charge is 0.339 e. The molecule has 0 radical (unpaired) electrons. The van der Waals surface area contributed by atoms with Crippen molar-refractivity contribution in [2.75, 3.05) is 5.32 Å². The zero-order valence-corrected chi connectivity index (χ0v) is 14.1. The van der Waals surface area contributed by atoms with E-state index in [0.29, 0.717) is 17.0 Å². The second kappa shape index (κ2) is 5.87. The van der Waals surface area contributed by atoms with Crippen molar-refractivity contribution in [2.24, 2.45) is 0 Å². The van der Waals surface area contributed by atoms with Gasteiger partial charge < -0.3 is 5.32 Å². The number of nitriles is 1. The third-order valence-electron chi connectivity index (χ3n) is 3.73. The van der Waals surface area contributed by atoms with Crippen molar-refractivity contribution in [1.82, 2.24) is 14.6 Å². The number of hydrogen-bond acceptors (Lipinski definition) is 3. The van der Waals surface area contributed by atoms with Gasteiger partial charge in [-0.1, -0.05) is 42.5 Å². The zero-order chi connectivity index (χ0) is 16.5. The standard InChI is InChI=1S/C18H12BrN5/c19-14-8-4-5-9-15(14)21-17-13(10-20)18-22-16(11-24(18)23-17)12-6-2-1-3-7-12/h1-9,11,21,23H. The van der Waals surface area contributed by atoms with Gasteiger partial charge in [0.15, 0.2) is 5.65 Å². The first-order valence-electron chi connectivity index (χ1n) is 7.34. The van der Waals surface area contributed by atoms with E-state index in [0.717, 1.165) is 21.4 Å². The van der Waals surface area contributed by atoms with Crippen LogP contribution in [-0.4, -0.2) is 14.6 Å². The van der Waals surface area contributed by atoms with Crippen LogP contribution in [-0.2, 0) is 0 Å². The molecule has 2 aromatic heterocycles. The van der Waals surface area contributed by atoms with Gasteiger partial charge >= 0.3 is 0 Å². The van der Waals surface area contributed by atoms with Crippen molar-refractivity contribution in [3.63, 3.8) is 0 Å². The second-order valence-corrected chi connectivity index (χ2v) is 6.12. The summed E-state index contributed by atoms with van der Waals surface area (Å²) in [6.07, 6.45) is 1.89. The fraction of sp³-hybridized carbons (Fsp3) is 0. The molecule has 0 unspecified atom stereocenters. The Hall–Kier alpha value is -3.04. The van der Waals surface area contributed by atoms with Crippen molar-refractivity contribution < 1.29 is 0 Å². The van der Waals surface area contributed by atoms with E-state index in [9.17, 15) is 5.26 Å². The van der Waals surface area contributed by atoms with E-state index < -0.39 is 0 Å². The lowest BCUT2D eigenvalue weighted by Crippen LogP contribution is -1.94. The number of anilines is 2. The van der Waals surface area contributed by atoms with Crippen LogP contribution in [0.2, 0.25) is 0 Å². The lowest BCUT2D eigenvalue weighted by molar-refractivity contribution is 0.978. The first kappa shape index (κ1) is 14.5. The van der Waals surface area contributed by atoms with E-state index in [1.54, 1.807) is 4.52 Å². The average molecular weight is 378 g/mol. The van der Waals surface area contributed by atoms with Gasteiger partial charge in [-0.15, -0.1) is 0 Å². The van der Waals surface area contributed by atoms with Gasteiger partial charge in [-0.3, -0.25) is 5.10 Å². The Morgan fingerprint density at radius 1 is 1.08 bits per heavy atom. The maximum absolute atomic E-state index is 9.56. The van der Waals surface area contributed by atoms with Crippen molar-refractivity contribution in [2.45, 2.75) is 0 Å². The molecule has 0 spiro atoms. The predicted molar refractivity (Wildman–Crippen MR) is 97.1 cm³/mol. The second-order valence-electron chi connectivity index (χ2n) is 5.26. The van der Waals surface area contributed by atoms with Crippen LogP contribution in [0.25, 0.3) is 16.9 Å². The molecule has 0 fully saturated rings.